The second-order valence-corrected chi connectivity index (χ2v) is 5.59. The van der Waals surface area contributed by atoms with Crippen molar-refractivity contribution in [3.05, 3.63) is 35.5 Å². The molecule has 21 heavy (non-hydrogen) atoms. The summed E-state index contributed by atoms with van der Waals surface area (Å²) in [5.41, 5.74) is 2.86. The fourth-order valence-corrected chi connectivity index (χ4v) is 2.61. The molecular formula is C17H26N3O+. The van der Waals surface area contributed by atoms with Gasteiger partial charge in [-0.3, -0.25) is 4.79 Å². The third kappa shape index (κ3) is 4.08. The summed E-state index contributed by atoms with van der Waals surface area (Å²) in [4.78, 5) is 16.9. The number of H-pyrrole nitrogens is 1. The largest absolute Gasteiger partial charge is 0.351 e. The molecule has 1 aromatic carbocycles. The Morgan fingerprint density at radius 1 is 1.24 bits per heavy atom. The van der Waals surface area contributed by atoms with Crippen LogP contribution in [0.25, 0.3) is 10.9 Å². The number of fused-ring (bicyclic) bond motifs is 1. The van der Waals surface area contributed by atoms with Crippen LogP contribution in [0, 0.1) is 6.92 Å². The first-order valence-electron chi connectivity index (χ1n) is 7.85. The Kier molecular flexibility index (Phi) is 5.39. The maximum absolute atomic E-state index is 12.1. The normalized spacial score (nSPS) is 11.2. The van der Waals surface area contributed by atoms with Crippen LogP contribution in [-0.4, -0.2) is 37.1 Å². The summed E-state index contributed by atoms with van der Waals surface area (Å²) in [6, 6.07) is 8.08. The quantitative estimate of drug-likeness (QED) is 0.665. The molecule has 0 unspecified atom stereocenters. The second-order valence-electron chi connectivity index (χ2n) is 5.59. The van der Waals surface area contributed by atoms with Crippen LogP contribution in [-0.2, 0) is 0 Å². The van der Waals surface area contributed by atoms with Gasteiger partial charge in [0.1, 0.15) is 5.69 Å². The lowest BCUT2D eigenvalue weighted by Crippen LogP contribution is -3.11. The zero-order valence-corrected chi connectivity index (χ0v) is 13.3. The molecule has 0 spiro atoms. The lowest BCUT2D eigenvalue weighted by atomic mass is 10.2. The molecule has 0 aliphatic rings. The zero-order valence-electron chi connectivity index (χ0n) is 13.3. The van der Waals surface area contributed by atoms with Crippen LogP contribution in [0.2, 0.25) is 0 Å². The van der Waals surface area contributed by atoms with Crippen molar-refractivity contribution in [2.45, 2.75) is 27.2 Å². The lowest BCUT2D eigenvalue weighted by molar-refractivity contribution is -0.896. The van der Waals surface area contributed by atoms with Gasteiger partial charge in [-0.2, -0.15) is 0 Å². The van der Waals surface area contributed by atoms with Crippen molar-refractivity contribution in [3.8, 4) is 0 Å². The summed E-state index contributed by atoms with van der Waals surface area (Å²) in [6.07, 6.45) is 1.02. The van der Waals surface area contributed by atoms with Crippen LogP contribution < -0.4 is 10.2 Å². The summed E-state index contributed by atoms with van der Waals surface area (Å²) in [5, 5.41) is 4.09. The molecule has 0 bridgehead atoms. The standard InChI is InChI=1S/C17H25N3O/c1-4-20(5-2)10-6-9-18-17(21)16-12-14-11-13(3)7-8-15(14)19-16/h7-8,11-12,19H,4-6,9-10H2,1-3H3,(H,18,21)/p+1. The molecule has 0 aliphatic heterocycles. The molecular weight excluding hydrogens is 262 g/mol. The van der Waals surface area contributed by atoms with Gasteiger partial charge in [0.2, 0.25) is 0 Å². The smallest absolute Gasteiger partial charge is 0.267 e. The van der Waals surface area contributed by atoms with Gasteiger partial charge in [-0.25, -0.2) is 0 Å². The Labute approximate surface area is 126 Å². The Balaban J connectivity index is 1.87. The third-order valence-electron chi connectivity index (χ3n) is 4.01. The maximum Gasteiger partial charge on any atom is 0.267 e. The SMILES string of the molecule is CC[NH+](CC)CCCNC(=O)c1cc2cc(C)ccc2[nH]1. The molecule has 0 saturated heterocycles. The number of aromatic nitrogens is 1. The monoisotopic (exact) mass is 288 g/mol. The maximum atomic E-state index is 12.1. The minimum absolute atomic E-state index is 0.0154. The molecule has 2 aromatic rings. The van der Waals surface area contributed by atoms with Crippen molar-refractivity contribution < 1.29 is 9.69 Å². The van der Waals surface area contributed by atoms with Gasteiger partial charge >= 0.3 is 0 Å². The average Bonchev–Trinajstić information content (AvgIpc) is 2.90. The first-order valence-corrected chi connectivity index (χ1v) is 7.85. The molecule has 3 N–H and O–H groups in total. The fourth-order valence-electron chi connectivity index (χ4n) is 2.61. The molecule has 1 aromatic heterocycles. The number of nitrogens with one attached hydrogen (secondary N) is 3. The van der Waals surface area contributed by atoms with Crippen LogP contribution in [0.15, 0.2) is 24.3 Å². The molecule has 4 nitrogen and oxygen atoms in total. The first kappa shape index (κ1) is 15.6. The van der Waals surface area contributed by atoms with Crippen molar-refractivity contribution in [1.82, 2.24) is 10.3 Å². The first-order chi connectivity index (χ1) is 10.1. The van der Waals surface area contributed by atoms with E-state index in [0.717, 1.165) is 43.5 Å². The number of aryl methyl sites for hydroxylation is 1. The molecule has 2 rings (SSSR count). The van der Waals surface area contributed by atoms with Crippen molar-refractivity contribution in [3.63, 3.8) is 0 Å². The molecule has 114 valence electrons. The highest BCUT2D eigenvalue weighted by atomic mass is 16.1. The summed E-state index contributed by atoms with van der Waals surface area (Å²) in [7, 11) is 0. The number of benzene rings is 1. The average molecular weight is 288 g/mol. The fraction of sp³-hybridized carbons (Fsp3) is 0.471. The van der Waals surface area contributed by atoms with Gasteiger partial charge in [0, 0.05) is 23.9 Å². The molecule has 4 heteroatoms. The molecule has 1 heterocycles. The number of hydrogen-bond donors (Lipinski definition) is 3. The van der Waals surface area contributed by atoms with Crippen molar-refractivity contribution >= 4 is 16.8 Å². The highest BCUT2D eigenvalue weighted by Crippen LogP contribution is 2.16. The van der Waals surface area contributed by atoms with Crippen LogP contribution in [0.5, 0.6) is 0 Å². The predicted octanol–water partition coefficient (Wildman–Crippen LogP) is 1.52. The Hall–Kier alpha value is -1.81. The van der Waals surface area contributed by atoms with E-state index < -0.39 is 0 Å². The Morgan fingerprint density at radius 3 is 2.71 bits per heavy atom. The minimum atomic E-state index is -0.0154. The molecule has 0 saturated carbocycles. The molecule has 0 atom stereocenters. The van der Waals surface area contributed by atoms with Crippen molar-refractivity contribution in [2.75, 3.05) is 26.2 Å². The van der Waals surface area contributed by atoms with E-state index in [1.807, 2.05) is 18.2 Å². The van der Waals surface area contributed by atoms with Crippen LogP contribution in [0.4, 0.5) is 0 Å². The van der Waals surface area contributed by atoms with Gasteiger partial charge in [0.15, 0.2) is 0 Å². The third-order valence-corrected chi connectivity index (χ3v) is 4.01. The number of quaternary nitrogens is 1. The van der Waals surface area contributed by atoms with Crippen LogP contribution in [0.3, 0.4) is 0 Å². The highest BCUT2D eigenvalue weighted by Gasteiger charge is 2.09. The van der Waals surface area contributed by atoms with E-state index in [0.29, 0.717) is 5.69 Å². The highest BCUT2D eigenvalue weighted by molar-refractivity contribution is 5.98. The topological polar surface area (TPSA) is 49.3 Å². The van der Waals surface area contributed by atoms with Gasteiger partial charge < -0.3 is 15.2 Å². The number of carbonyl (C=O) groups excluding carboxylic acids is 1. The van der Waals surface area contributed by atoms with E-state index in [9.17, 15) is 4.79 Å². The molecule has 0 aliphatic carbocycles. The van der Waals surface area contributed by atoms with Crippen LogP contribution in [0.1, 0.15) is 36.3 Å². The van der Waals surface area contributed by atoms with Crippen LogP contribution >= 0.6 is 0 Å². The van der Waals surface area contributed by atoms with E-state index in [2.05, 4.69) is 37.1 Å². The summed E-state index contributed by atoms with van der Waals surface area (Å²) >= 11 is 0. The number of rotatable bonds is 7. The van der Waals surface area contributed by atoms with Gasteiger partial charge in [-0.15, -0.1) is 0 Å². The van der Waals surface area contributed by atoms with E-state index in [1.54, 1.807) is 4.90 Å². The van der Waals surface area contributed by atoms with Crippen molar-refractivity contribution in [2.24, 2.45) is 0 Å². The van der Waals surface area contributed by atoms with E-state index in [-0.39, 0.29) is 5.91 Å². The van der Waals surface area contributed by atoms with Gasteiger partial charge in [-0.1, -0.05) is 11.6 Å². The number of aromatic amines is 1. The second kappa shape index (κ2) is 7.27. The summed E-state index contributed by atoms with van der Waals surface area (Å²) < 4.78 is 0. The number of hydrogen-bond acceptors (Lipinski definition) is 1. The molecule has 1 amide bonds. The lowest BCUT2D eigenvalue weighted by Gasteiger charge is -2.14. The number of amides is 1. The molecule has 0 radical (unpaired) electrons. The minimum Gasteiger partial charge on any atom is -0.351 e. The van der Waals surface area contributed by atoms with Gasteiger partial charge in [0.25, 0.3) is 5.91 Å². The molecule has 0 fully saturated rings. The van der Waals surface area contributed by atoms with Gasteiger partial charge in [-0.05, 0) is 39.0 Å². The Morgan fingerprint density at radius 2 is 2.00 bits per heavy atom. The van der Waals surface area contributed by atoms with E-state index in [4.69, 9.17) is 0 Å². The summed E-state index contributed by atoms with van der Waals surface area (Å²) in [6.45, 7) is 10.6. The Bertz CT molecular complexity index is 599. The number of carbonyl (C=O) groups is 1. The van der Waals surface area contributed by atoms with E-state index >= 15 is 0 Å². The predicted molar refractivity (Wildman–Crippen MR) is 86.9 cm³/mol. The van der Waals surface area contributed by atoms with Gasteiger partial charge in [0.05, 0.1) is 19.6 Å². The summed E-state index contributed by atoms with van der Waals surface area (Å²) in [5.74, 6) is -0.0154. The van der Waals surface area contributed by atoms with Crippen molar-refractivity contribution in [1.29, 1.82) is 0 Å². The van der Waals surface area contributed by atoms with E-state index in [1.165, 1.54) is 5.56 Å². The zero-order chi connectivity index (χ0) is 15.2.